The fraction of sp³-hybridized carbons (Fsp3) is 0.556. The molecule has 0 unspecified atom stereocenters. The van der Waals surface area contributed by atoms with Crippen LogP contribution in [0.5, 0.6) is 0 Å². The molecule has 7 heteroatoms. The zero-order chi connectivity index (χ0) is 18.0. The molecule has 3 amide bonds. The summed E-state index contributed by atoms with van der Waals surface area (Å²) >= 11 is 6.08. The third-order valence-corrected chi connectivity index (χ3v) is 5.38. The normalized spacial score (nSPS) is 23.6. The molecular formula is C18H23ClFN3O2. The second kappa shape index (κ2) is 7.60. The van der Waals surface area contributed by atoms with Gasteiger partial charge in [0.15, 0.2) is 0 Å². The molecule has 1 N–H and O–H groups in total. The minimum absolute atomic E-state index is 0.0598. The summed E-state index contributed by atoms with van der Waals surface area (Å²) in [7, 11) is 0. The molecule has 0 bridgehead atoms. The Balaban J connectivity index is 1.73. The van der Waals surface area contributed by atoms with Crippen molar-refractivity contribution in [2.24, 2.45) is 0 Å². The Morgan fingerprint density at radius 3 is 2.68 bits per heavy atom. The maximum absolute atomic E-state index is 14.0. The van der Waals surface area contributed by atoms with Crippen molar-refractivity contribution in [3.63, 3.8) is 0 Å². The first kappa shape index (κ1) is 18.0. The van der Waals surface area contributed by atoms with Crippen molar-refractivity contribution in [1.29, 1.82) is 0 Å². The second-order valence-corrected chi connectivity index (χ2v) is 7.14. The lowest BCUT2D eigenvalue weighted by molar-refractivity contribution is -0.136. The Morgan fingerprint density at radius 2 is 1.96 bits per heavy atom. The van der Waals surface area contributed by atoms with Crippen molar-refractivity contribution in [3.05, 3.63) is 28.8 Å². The number of amides is 3. The average Bonchev–Trinajstić information content (AvgIpc) is 3.01. The third-order valence-electron chi connectivity index (χ3n) is 4.97. The van der Waals surface area contributed by atoms with Gasteiger partial charge in [0, 0.05) is 30.2 Å². The van der Waals surface area contributed by atoms with Gasteiger partial charge in [0.2, 0.25) is 5.91 Å². The molecule has 1 aromatic carbocycles. The van der Waals surface area contributed by atoms with Crippen LogP contribution in [0.3, 0.4) is 0 Å². The molecular weight excluding hydrogens is 345 g/mol. The van der Waals surface area contributed by atoms with Gasteiger partial charge in [-0.1, -0.05) is 17.7 Å². The summed E-state index contributed by atoms with van der Waals surface area (Å²) in [6.45, 7) is 3.12. The fourth-order valence-corrected chi connectivity index (χ4v) is 3.67. The van der Waals surface area contributed by atoms with Crippen molar-refractivity contribution in [2.45, 2.75) is 44.8 Å². The number of hydrogen-bond acceptors (Lipinski definition) is 2. The highest BCUT2D eigenvalue weighted by Gasteiger charge is 2.41. The number of anilines is 1. The number of carbonyl (C=O) groups is 2. The Labute approximate surface area is 152 Å². The van der Waals surface area contributed by atoms with E-state index in [-0.39, 0.29) is 18.9 Å². The molecule has 136 valence electrons. The number of piperidine rings is 1. The molecule has 2 fully saturated rings. The Morgan fingerprint density at radius 1 is 1.24 bits per heavy atom. The van der Waals surface area contributed by atoms with Crippen molar-refractivity contribution in [3.8, 4) is 0 Å². The van der Waals surface area contributed by atoms with Crippen molar-refractivity contribution < 1.29 is 14.0 Å². The lowest BCUT2D eigenvalue weighted by atomic mass is 10.1. The summed E-state index contributed by atoms with van der Waals surface area (Å²) in [6.07, 6.45) is 1.93. The number of urea groups is 1. The summed E-state index contributed by atoms with van der Waals surface area (Å²) in [5.74, 6) is -0.141. The number of halogens is 2. The molecule has 0 spiro atoms. The second-order valence-electron chi connectivity index (χ2n) is 6.73. The van der Waals surface area contributed by atoms with Gasteiger partial charge in [-0.05, 0) is 43.9 Å². The van der Waals surface area contributed by atoms with Gasteiger partial charge < -0.3 is 15.1 Å². The molecule has 5 nitrogen and oxygen atoms in total. The Hall–Kier alpha value is -1.82. The predicted octanol–water partition coefficient (Wildman–Crippen LogP) is 3.61. The fourth-order valence-electron chi connectivity index (χ4n) is 3.50. The standard InChI is InChI=1S/C18H23ClFN3O2/c1-12-14(19)6-5-7-15(12)21-18(25)23-11-13(20)10-16(23)17(24)22-8-3-2-4-9-22/h5-7,13,16H,2-4,8-11H2,1H3,(H,21,25)/t13-,16-/m0/s1. The lowest BCUT2D eigenvalue weighted by Crippen LogP contribution is -2.50. The van der Waals surface area contributed by atoms with E-state index in [1.165, 1.54) is 4.90 Å². The van der Waals surface area contributed by atoms with Crippen LogP contribution in [-0.2, 0) is 4.79 Å². The van der Waals surface area contributed by atoms with Crippen LogP contribution in [0.25, 0.3) is 0 Å². The number of alkyl halides is 1. The zero-order valence-corrected chi connectivity index (χ0v) is 15.1. The molecule has 0 radical (unpaired) electrons. The van der Waals surface area contributed by atoms with Gasteiger partial charge in [-0.25, -0.2) is 9.18 Å². The summed E-state index contributed by atoms with van der Waals surface area (Å²) in [6, 6.07) is 4.03. The Bertz CT molecular complexity index is 664. The van der Waals surface area contributed by atoms with E-state index < -0.39 is 18.2 Å². The van der Waals surface area contributed by atoms with E-state index in [9.17, 15) is 14.0 Å². The lowest BCUT2D eigenvalue weighted by Gasteiger charge is -2.32. The van der Waals surface area contributed by atoms with Crippen LogP contribution in [0, 0.1) is 6.92 Å². The summed E-state index contributed by atoms with van der Waals surface area (Å²) in [4.78, 5) is 28.5. The summed E-state index contributed by atoms with van der Waals surface area (Å²) in [5.41, 5.74) is 1.32. The SMILES string of the molecule is Cc1c(Cl)cccc1NC(=O)N1C[C@@H](F)C[C@H]1C(=O)N1CCCCC1. The van der Waals surface area contributed by atoms with E-state index in [0.29, 0.717) is 23.8 Å². The summed E-state index contributed by atoms with van der Waals surface area (Å²) in [5, 5.41) is 3.31. The van der Waals surface area contributed by atoms with Gasteiger partial charge in [0.1, 0.15) is 12.2 Å². The van der Waals surface area contributed by atoms with Gasteiger partial charge >= 0.3 is 6.03 Å². The molecule has 2 aliphatic heterocycles. The predicted molar refractivity (Wildman–Crippen MR) is 95.6 cm³/mol. The van der Waals surface area contributed by atoms with Crippen molar-refractivity contribution in [2.75, 3.05) is 25.0 Å². The highest BCUT2D eigenvalue weighted by atomic mass is 35.5. The molecule has 3 rings (SSSR count). The number of hydrogen-bond donors (Lipinski definition) is 1. The number of carbonyl (C=O) groups excluding carboxylic acids is 2. The third kappa shape index (κ3) is 3.89. The smallest absolute Gasteiger partial charge is 0.322 e. The van der Waals surface area contributed by atoms with E-state index in [1.54, 1.807) is 30.0 Å². The van der Waals surface area contributed by atoms with Gasteiger partial charge in [0.05, 0.1) is 6.54 Å². The first-order valence-corrected chi connectivity index (χ1v) is 9.10. The number of nitrogens with one attached hydrogen (secondary N) is 1. The number of likely N-dealkylation sites (tertiary alicyclic amines) is 2. The largest absolute Gasteiger partial charge is 0.341 e. The van der Waals surface area contributed by atoms with Crippen LogP contribution in [0.1, 0.15) is 31.2 Å². The minimum Gasteiger partial charge on any atom is -0.341 e. The van der Waals surface area contributed by atoms with E-state index in [2.05, 4.69) is 5.32 Å². The van der Waals surface area contributed by atoms with Gasteiger partial charge in [-0.15, -0.1) is 0 Å². The number of benzene rings is 1. The van der Waals surface area contributed by atoms with Crippen LogP contribution in [-0.4, -0.2) is 53.6 Å². The highest BCUT2D eigenvalue weighted by molar-refractivity contribution is 6.31. The van der Waals surface area contributed by atoms with E-state index >= 15 is 0 Å². The van der Waals surface area contributed by atoms with E-state index in [4.69, 9.17) is 11.6 Å². The topological polar surface area (TPSA) is 52.7 Å². The van der Waals surface area contributed by atoms with Crippen LogP contribution in [0.2, 0.25) is 5.02 Å². The van der Waals surface area contributed by atoms with Crippen molar-refractivity contribution in [1.82, 2.24) is 9.80 Å². The monoisotopic (exact) mass is 367 g/mol. The molecule has 2 saturated heterocycles. The molecule has 1 aromatic rings. The first-order chi connectivity index (χ1) is 12.0. The van der Waals surface area contributed by atoms with Crippen molar-refractivity contribution >= 4 is 29.2 Å². The molecule has 2 aliphatic rings. The average molecular weight is 368 g/mol. The molecule has 0 aliphatic carbocycles. The van der Waals surface area contributed by atoms with Gasteiger partial charge in [-0.2, -0.15) is 0 Å². The first-order valence-electron chi connectivity index (χ1n) is 8.73. The highest BCUT2D eigenvalue weighted by Crippen LogP contribution is 2.27. The molecule has 0 saturated carbocycles. The number of nitrogens with zero attached hydrogens (tertiary/aromatic N) is 2. The summed E-state index contributed by atoms with van der Waals surface area (Å²) < 4.78 is 14.0. The molecule has 0 aromatic heterocycles. The minimum atomic E-state index is -1.18. The van der Waals surface area contributed by atoms with Crippen LogP contribution >= 0.6 is 11.6 Å². The quantitative estimate of drug-likeness (QED) is 0.868. The van der Waals surface area contributed by atoms with Crippen LogP contribution in [0.4, 0.5) is 14.9 Å². The molecule has 2 heterocycles. The van der Waals surface area contributed by atoms with Gasteiger partial charge in [-0.3, -0.25) is 4.79 Å². The zero-order valence-electron chi connectivity index (χ0n) is 14.3. The number of rotatable bonds is 2. The maximum atomic E-state index is 14.0. The van der Waals surface area contributed by atoms with E-state index in [0.717, 1.165) is 24.8 Å². The molecule has 25 heavy (non-hydrogen) atoms. The van der Waals surface area contributed by atoms with Gasteiger partial charge in [0.25, 0.3) is 0 Å². The van der Waals surface area contributed by atoms with Crippen LogP contribution in [0.15, 0.2) is 18.2 Å². The molecule has 2 atom stereocenters. The van der Waals surface area contributed by atoms with Crippen LogP contribution < -0.4 is 5.32 Å². The van der Waals surface area contributed by atoms with E-state index in [1.807, 2.05) is 0 Å². The Kier molecular flexibility index (Phi) is 5.47. The maximum Gasteiger partial charge on any atom is 0.322 e.